The van der Waals surface area contributed by atoms with Gasteiger partial charge >= 0.3 is 0 Å². The normalized spacial score (nSPS) is 15.3. The highest BCUT2D eigenvalue weighted by molar-refractivity contribution is 5.63. The first kappa shape index (κ1) is 10.5. The van der Waals surface area contributed by atoms with Crippen molar-refractivity contribution in [2.45, 2.75) is 12.8 Å². The molecule has 1 aromatic rings. The summed E-state index contributed by atoms with van der Waals surface area (Å²) >= 11 is 0. The molecule has 1 aliphatic heterocycles. The number of anilines is 3. The maximum Gasteiger partial charge on any atom is 0.222 e. The average molecular weight is 197 g/mol. The molecule has 0 spiro atoms. The molecule has 6 nitrogen and oxygen atoms in total. The number of hydrogen-bond acceptors (Lipinski definition) is 5. The van der Waals surface area contributed by atoms with Crippen molar-refractivity contribution in [2.75, 3.05) is 29.5 Å². The second kappa shape index (κ2) is 4.10. The molecule has 1 fully saturated rings. The third kappa shape index (κ3) is 1.85. The zero-order valence-electron chi connectivity index (χ0n) is 7.90. The van der Waals surface area contributed by atoms with E-state index in [9.17, 15) is 0 Å². The van der Waals surface area contributed by atoms with E-state index in [1.807, 2.05) is 0 Å². The summed E-state index contributed by atoms with van der Waals surface area (Å²) in [6.07, 6.45) is 4.12. The SMILES string of the molecule is Nc1ncc(N2CCCC2)c(N)n1.O. The largest absolute Gasteiger partial charge is 0.412 e. The third-order valence-electron chi connectivity index (χ3n) is 2.26. The first-order valence-electron chi connectivity index (χ1n) is 4.40. The van der Waals surface area contributed by atoms with E-state index in [1.54, 1.807) is 6.20 Å². The van der Waals surface area contributed by atoms with Gasteiger partial charge in [0.25, 0.3) is 0 Å². The number of nitrogens with zero attached hydrogens (tertiary/aromatic N) is 3. The molecular formula is C8H15N5O. The molecule has 1 saturated heterocycles. The van der Waals surface area contributed by atoms with Gasteiger partial charge in [-0.15, -0.1) is 0 Å². The van der Waals surface area contributed by atoms with E-state index in [0.717, 1.165) is 18.8 Å². The summed E-state index contributed by atoms with van der Waals surface area (Å²) in [7, 11) is 0. The van der Waals surface area contributed by atoms with Crippen molar-refractivity contribution in [3.63, 3.8) is 0 Å². The molecular weight excluding hydrogens is 182 g/mol. The fraction of sp³-hybridized carbons (Fsp3) is 0.500. The van der Waals surface area contributed by atoms with Crippen LogP contribution in [0.15, 0.2) is 6.20 Å². The summed E-state index contributed by atoms with van der Waals surface area (Å²) in [6, 6.07) is 0. The molecule has 1 aliphatic rings. The van der Waals surface area contributed by atoms with Crippen molar-refractivity contribution in [3.05, 3.63) is 6.20 Å². The van der Waals surface area contributed by atoms with Crippen LogP contribution in [0.4, 0.5) is 17.5 Å². The van der Waals surface area contributed by atoms with Gasteiger partial charge in [-0.05, 0) is 12.8 Å². The summed E-state index contributed by atoms with van der Waals surface area (Å²) in [5.41, 5.74) is 12.0. The van der Waals surface area contributed by atoms with Crippen LogP contribution in [0.1, 0.15) is 12.8 Å². The molecule has 6 heteroatoms. The topological polar surface area (TPSA) is 113 Å². The minimum Gasteiger partial charge on any atom is -0.412 e. The number of nitrogens with two attached hydrogens (primary N) is 2. The molecule has 6 N–H and O–H groups in total. The zero-order valence-corrected chi connectivity index (χ0v) is 7.90. The van der Waals surface area contributed by atoms with E-state index < -0.39 is 0 Å². The lowest BCUT2D eigenvalue weighted by Gasteiger charge is -2.17. The molecule has 0 atom stereocenters. The van der Waals surface area contributed by atoms with Gasteiger partial charge in [0.1, 0.15) is 0 Å². The maximum atomic E-state index is 5.73. The quantitative estimate of drug-likeness (QED) is 0.625. The summed E-state index contributed by atoms with van der Waals surface area (Å²) < 4.78 is 0. The summed E-state index contributed by atoms with van der Waals surface area (Å²) in [5.74, 6) is 0.717. The van der Waals surface area contributed by atoms with Crippen LogP contribution in [0.3, 0.4) is 0 Å². The van der Waals surface area contributed by atoms with Crippen LogP contribution in [0.2, 0.25) is 0 Å². The van der Waals surface area contributed by atoms with E-state index in [1.165, 1.54) is 12.8 Å². The lowest BCUT2D eigenvalue weighted by Crippen LogP contribution is -2.20. The van der Waals surface area contributed by atoms with Crippen LogP contribution < -0.4 is 16.4 Å². The van der Waals surface area contributed by atoms with Gasteiger partial charge in [0.2, 0.25) is 5.95 Å². The van der Waals surface area contributed by atoms with Crippen molar-refractivity contribution in [1.29, 1.82) is 0 Å². The molecule has 2 rings (SSSR count). The Morgan fingerprint density at radius 2 is 1.86 bits per heavy atom. The highest BCUT2D eigenvalue weighted by Gasteiger charge is 2.15. The zero-order chi connectivity index (χ0) is 9.26. The molecule has 0 amide bonds. The Hall–Kier alpha value is -1.56. The molecule has 0 radical (unpaired) electrons. The molecule has 2 heterocycles. The van der Waals surface area contributed by atoms with E-state index >= 15 is 0 Å². The Morgan fingerprint density at radius 3 is 2.43 bits per heavy atom. The molecule has 0 aromatic carbocycles. The Balaban J connectivity index is 0.000000980. The number of aromatic nitrogens is 2. The Kier molecular flexibility index (Phi) is 3.08. The van der Waals surface area contributed by atoms with Gasteiger partial charge in [-0.1, -0.05) is 0 Å². The Bertz CT molecular complexity index is 311. The highest BCUT2D eigenvalue weighted by Crippen LogP contribution is 2.24. The Morgan fingerprint density at radius 1 is 1.21 bits per heavy atom. The van der Waals surface area contributed by atoms with Gasteiger partial charge in [0.15, 0.2) is 5.82 Å². The van der Waals surface area contributed by atoms with Gasteiger partial charge < -0.3 is 21.8 Å². The van der Waals surface area contributed by atoms with Crippen LogP contribution >= 0.6 is 0 Å². The summed E-state index contributed by atoms with van der Waals surface area (Å²) in [4.78, 5) is 10.0. The van der Waals surface area contributed by atoms with Gasteiger partial charge in [-0.2, -0.15) is 4.98 Å². The van der Waals surface area contributed by atoms with Crippen LogP contribution in [-0.2, 0) is 0 Å². The predicted molar refractivity (Wildman–Crippen MR) is 55.9 cm³/mol. The second-order valence-electron chi connectivity index (χ2n) is 3.19. The van der Waals surface area contributed by atoms with Crippen molar-refractivity contribution in [3.8, 4) is 0 Å². The second-order valence-corrected chi connectivity index (χ2v) is 3.19. The van der Waals surface area contributed by atoms with Crippen molar-refractivity contribution in [1.82, 2.24) is 9.97 Å². The van der Waals surface area contributed by atoms with Crippen molar-refractivity contribution >= 4 is 17.5 Å². The highest BCUT2D eigenvalue weighted by atomic mass is 16.0. The van der Waals surface area contributed by atoms with E-state index in [2.05, 4.69) is 14.9 Å². The van der Waals surface area contributed by atoms with Crippen LogP contribution in [0.25, 0.3) is 0 Å². The van der Waals surface area contributed by atoms with E-state index in [0.29, 0.717) is 5.82 Å². The summed E-state index contributed by atoms with van der Waals surface area (Å²) in [6.45, 7) is 2.08. The lowest BCUT2D eigenvalue weighted by molar-refractivity contribution is 0.824. The van der Waals surface area contributed by atoms with E-state index in [4.69, 9.17) is 11.5 Å². The smallest absolute Gasteiger partial charge is 0.222 e. The van der Waals surface area contributed by atoms with Gasteiger partial charge in [0.05, 0.1) is 11.9 Å². The standard InChI is InChI=1S/C8H13N5.H2O/c9-7-6(5-11-8(10)12-7)13-3-1-2-4-13;/h5H,1-4H2,(H4,9,10,11,12);1H2. The molecule has 0 unspecified atom stereocenters. The molecule has 1 aromatic heterocycles. The van der Waals surface area contributed by atoms with Gasteiger partial charge in [-0.25, -0.2) is 4.98 Å². The van der Waals surface area contributed by atoms with Crippen LogP contribution in [0.5, 0.6) is 0 Å². The monoisotopic (exact) mass is 197 g/mol. The molecule has 0 aliphatic carbocycles. The minimum atomic E-state index is 0. The van der Waals surface area contributed by atoms with Crippen molar-refractivity contribution < 1.29 is 5.48 Å². The van der Waals surface area contributed by atoms with E-state index in [-0.39, 0.29) is 11.4 Å². The van der Waals surface area contributed by atoms with Crippen LogP contribution in [-0.4, -0.2) is 28.5 Å². The van der Waals surface area contributed by atoms with Crippen LogP contribution in [0, 0.1) is 0 Å². The summed E-state index contributed by atoms with van der Waals surface area (Å²) in [5, 5.41) is 0. The van der Waals surface area contributed by atoms with Crippen molar-refractivity contribution in [2.24, 2.45) is 0 Å². The van der Waals surface area contributed by atoms with Gasteiger partial charge in [0, 0.05) is 13.1 Å². The molecule has 78 valence electrons. The maximum absolute atomic E-state index is 5.73. The number of hydrogen-bond donors (Lipinski definition) is 2. The molecule has 0 saturated carbocycles. The Labute approximate surface area is 82.2 Å². The minimum absolute atomic E-state index is 0. The first-order chi connectivity index (χ1) is 6.27. The molecule has 14 heavy (non-hydrogen) atoms. The number of nitrogen functional groups attached to an aromatic ring is 2. The fourth-order valence-corrected chi connectivity index (χ4v) is 1.60. The fourth-order valence-electron chi connectivity index (χ4n) is 1.60. The third-order valence-corrected chi connectivity index (χ3v) is 2.26. The lowest BCUT2D eigenvalue weighted by atomic mass is 10.4. The number of rotatable bonds is 1. The first-order valence-corrected chi connectivity index (χ1v) is 4.40. The predicted octanol–water partition coefficient (Wildman–Crippen LogP) is -0.583. The van der Waals surface area contributed by atoms with Gasteiger partial charge in [-0.3, -0.25) is 0 Å². The average Bonchev–Trinajstić information content (AvgIpc) is 2.56. The molecule has 0 bridgehead atoms.